The number of hydrogen-bond donors (Lipinski definition) is 0. The monoisotopic (exact) mass is 381 g/mol. The van der Waals surface area contributed by atoms with Gasteiger partial charge in [0.2, 0.25) is 11.8 Å². The second kappa shape index (κ2) is 6.29. The molecule has 0 unspecified atom stereocenters. The molecule has 0 saturated carbocycles. The minimum absolute atomic E-state index is 0.0878. The van der Waals surface area contributed by atoms with E-state index in [-0.39, 0.29) is 17.6 Å². The lowest BCUT2D eigenvalue weighted by molar-refractivity contribution is -0.136. The van der Waals surface area contributed by atoms with Crippen molar-refractivity contribution in [3.63, 3.8) is 0 Å². The largest absolute Gasteiger partial charge is 0.497 e. The lowest BCUT2D eigenvalue weighted by Gasteiger charge is -2.33. The predicted molar refractivity (Wildman–Crippen MR) is 104 cm³/mol. The average molecular weight is 381 g/mol. The van der Waals surface area contributed by atoms with Gasteiger partial charge in [-0.3, -0.25) is 19.4 Å². The fourth-order valence-corrected chi connectivity index (χ4v) is 4.27. The van der Waals surface area contributed by atoms with E-state index < -0.39 is 29.3 Å². The highest BCUT2D eigenvalue weighted by Crippen LogP contribution is 2.47. The first-order valence-corrected chi connectivity index (χ1v) is 9.31. The Morgan fingerprint density at radius 1 is 1.07 bits per heavy atom. The molecule has 0 aliphatic carbocycles. The van der Waals surface area contributed by atoms with Crippen molar-refractivity contribution in [3.8, 4) is 5.75 Å². The van der Waals surface area contributed by atoms with Crippen molar-refractivity contribution in [2.45, 2.75) is 32.9 Å². The van der Waals surface area contributed by atoms with Gasteiger partial charge >= 0.3 is 0 Å². The van der Waals surface area contributed by atoms with E-state index in [0.717, 1.165) is 0 Å². The molecule has 3 aliphatic heterocycles. The fourth-order valence-electron chi connectivity index (χ4n) is 4.27. The Bertz CT molecular complexity index is 897. The SMILES string of the molecule is COc1ccc(N2C(=O)[C@@H]3[C@H](C2=O)[C@H]2C=CC=NN2[C@H]3C(=O)C(C)(C)C)cc1. The normalized spacial score (nSPS) is 28.6. The van der Waals surface area contributed by atoms with Crippen molar-refractivity contribution in [2.24, 2.45) is 22.4 Å². The predicted octanol–water partition coefficient (Wildman–Crippen LogP) is 2.02. The molecule has 7 heteroatoms. The summed E-state index contributed by atoms with van der Waals surface area (Å²) in [7, 11) is 1.55. The van der Waals surface area contributed by atoms with E-state index in [4.69, 9.17) is 4.74 Å². The number of amides is 2. The minimum Gasteiger partial charge on any atom is -0.497 e. The molecule has 4 atom stereocenters. The fraction of sp³-hybridized carbons (Fsp3) is 0.429. The van der Waals surface area contributed by atoms with Crippen molar-refractivity contribution in [2.75, 3.05) is 12.0 Å². The number of imide groups is 1. The maximum atomic E-state index is 13.4. The van der Waals surface area contributed by atoms with Crippen LogP contribution in [0.2, 0.25) is 0 Å². The number of Topliss-reactive ketones (excluding diaryl/α,β-unsaturated/α-hetero) is 1. The third-order valence-electron chi connectivity index (χ3n) is 5.63. The van der Waals surface area contributed by atoms with E-state index in [0.29, 0.717) is 11.4 Å². The van der Waals surface area contributed by atoms with Gasteiger partial charge in [-0.2, -0.15) is 5.10 Å². The van der Waals surface area contributed by atoms with Gasteiger partial charge in [-0.05, 0) is 30.3 Å². The molecular weight excluding hydrogens is 358 g/mol. The number of anilines is 1. The molecule has 3 aliphatic rings. The van der Waals surface area contributed by atoms with Crippen molar-refractivity contribution >= 4 is 29.5 Å². The van der Waals surface area contributed by atoms with E-state index in [1.54, 1.807) is 48.7 Å². The first-order valence-electron chi connectivity index (χ1n) is 9.31. The van der Waals surface area contributed by atoms with E-state index in [1.165, 1.54) is 4.90 Å². The first-order chi connectivity index (χ1) is 13.3. The Kier molecular flexibility index (Phi) is 4.14. The third-order valence-corrected chi connectivity index (χ3v) is 5.63. The molecule has 7 nitrogen and oxygen atoms in total. The van der Waals surface area contributed by atoms with Crippen LogP contribution in [0.15, 0.2) is 41.5 Å². The van der Waals surface area contributed by atoms with Gasteiger partial charge in [-0.1, -0.05) is 26.8 Å². The zero-order valence-electron chi connectivity index (χ0n) is 16.3. The molecule has 1 aromatic rings. The number of nitrogens with zero attached hydrogens (tertiary/aromatic N) is 3. The lowest BCUT2D eigenvalue weighted by Crippen LogP contribution is -2.49. The van der Waals surface area contributed by atoms with Gasteiger partial charge in [-0.15, -0.1) is 0 Å². The lowest BCUT2D eigenvalue weighted by atomic mass is 9.80. The van der Waals surface area contributed by atoms with Gasteiger partial charge in [0.15, 0.2) is 5.78 Å². The zero-order chi connectivity index (χ0) is 20.2. The highest BCUT2D eigenvalue weighted by Gasteiger charge is 2.64. The topological polar surface area (TPSA) is 79.3 Å². The molecule has 146 valence electrons. The van der Waals surface area contributed by atoms with Gasteiger partial charge in [0, 0.05) is 11.6 Å². The summed E-state index contributed by atoms with van der Waals surface area (Å²) in [5.41, 5.74) is -0.167. The molecule has 0 radical (unpaired) electrons. The molecule has 28 heavy (non-hydrogen) atoms. The Hall–Kier alpha value is -2.96. The van der Waals surface area contributed by atoms with Crippen LogP contribution in [0.5, 0.6) is 5.75 Å². The van der Waals surface area contributed by atoms with Crippen LogP contribution in [0.4, 0.5) is 5.69 Å². The van der Waals surface area contributed by atoms with E-state index in [2.05, 4.69) is 5.10 Å². The molecule has 0 bridgehead atoms. The van der Waals surface area contributed by atoms with Crippen LogP contribution in [0.1, 0.15) is 20.8 Å². The minimum atomic E-state index is -0.754. The van der Waals surface area contributed by atoms with Crippen molar-refractivity contribution < 1.29 is 19.1 Å². The maximum absolute atomic E-state index is 13.4. The number of benzene rings is 1. The van der Waals surface area contributed by atoms with Gasteiger partial charge < -0.3 is 4.74 Å². The van der Waals surface area contributed by atoms with Crippen molar-refractivity contribution in [3.05, 3.63) is 36.4 Å². The summed E-state index contributed by atoms with van der Waals surface area (Å²) < 4.78 is 5.15. The number of rotatable bonds is 3. The molecule has 2 amide bonds. The molecule has 0 aromatic heterocycles. The number of ether oxygens (including phenoxy) is 1. The number of carbonyl (C=O) groups excluding carboxylic acids is 3. The Morgan fingerprint density at radius 3 is 2.32 bits per heavy atom. The van der Waals surface area contributed by atoms with Gasteiger partial charge in [0.05, 0.1) is 30.7 Å². The molecular formula is C21H23N3O4. The molecule has 3 heterocycles. The van der Waals surface area contributed by atoms with Gasteiger partial charge in [0.1, 0.15) is 11.8 Å². The highest BCUT2D eigenvalue weighted by molar-refractivity contribution is 6.24. The number of carbonyl (C=O) groups is 3. The molecule has 1 aromatic carbocycles. The average Bonchev–Trinajstić information content (AvgIpc) is 3.14. The Morgan fingerprint density at radius 2 is 1.71 bits per heavy atom. The van der Waals surface area contributed by atoms with E-state index in [9.17, 15) is 14.4 Å². The second-order valence-corrected chi connectivity index (χ2v) is 8.34. The van der Waals surface area contributed by atoms with Crippen LogP contribution in [0.25, 0.3) is 0 Å². The summed E-state index contributed by atoms with van der Waals surface area (Å²) in [4.78, 5) is 41.0. The summed E-state index contributed by atoms with van der Waals surface area (Å²) in [6, 6.07) is 5.63. The number of fused-ring (bicyclic) bond motifs is 3. The molecule has 2 saturated heterocycles. The van der Waals surface area contributed by atoms with Crippen LogP contribution in [-0.2, 0) is 14.4 Å². The maximum Gasteiger partial charge on any atom is 0.240 e. The van der Waals surface area contributed by atoms with Crippen LogP contribution in [-0.4, -0.2) is 48.0 Å². The van der Waals surface area contributed by atoms with Crippen LogP contribution >= 0.6 is 0 Å². The summed E-state index contributed by atoms with van der Waals surface area (Å²) in [5, 5.41) is 5.98. The molecule has 0 N–H and O–H groups in total. The zero-order valence-corrected chi connectivity index (χ0v) is 16.3. The second-order valence-electron chi connectivity index (χ2n) is 8.34. The van der Waals surface area contributed by atoms with Gasteiger partial charge in [-0.25, -0.2) is 4.90 Å². The number of allylic oxidation sites excluding steroid dienone is 1. The number of hydrogen-bond acceptors (Lipinski definition) is 6. The smallest absolute Gasteiger partial charge is 0.240 e. The molecule has 2 fully saturated rings. The van der Waals surface area contributed by atoms with Crippen molar-refractivity contribution in [1.29, 1.82) is 0 Å². The number of hydrazone groups is 1. The third kappa shape index (κ3) is 2.57. The van der Waals surface area contributed by atoms with Crippen LogP contribution in [0.3, 0.4) is 0 Å². The highest BCUT2D eigenvalue weighted by atomic mass is 16.5. The van der Waals surface area contributed by atoms with Crippen molar-refractivity contribution in [1.82, 2.24) is 5.01 Å². The quantitative estimate of drug-likeness (QED) is 0.749. The number of methoxy groups -OCH3 is 1. The standard InChI is InChI=1S/C21H23N3O4/c1-21(2,3)18(25)17-16-15(14-6-5-11-22-24(14)17)19(26)23(20(16)27)12-7-9-13(28-4)10-8-12/h5-11,14-17H,1-4H3/t14-,15-,16-,17-/m1/s1. The summed E-state index contributed by atoms with van der Waals surface area (Å²) >= 11 is 0. The van der Waals surface area contributed by atoms with Crippen LogP contribution in [0, 0.1) is 17.3 Å². The summed E-state index contributed by atoms with van der Waals surface area (Å²) in [6.45, 7) is 5.47. The Labute approximate surface area is 163 Å². The molecule has 0 spiro atoms. The van der Waals surface area contributed by atoms with E-state index >= 15 is 0 Å². The first kappa shape index (κ1) is 18.4. The summed E-state index contributed by atoms with van der Waals surface area (Å²) in [6.07, 6.45) is 5.20. The van der Waals surface area contributed by atoms with E-state index in [1.807, 2.05) is 26.8 Å². The Balaban J connectivity index is 1.76. The number of ketones is 1. The van der Waals surface area contributed by atoms with Crippen LogP contribution < -0.4 is 9.64 Å². The molecule has 4 rings (SSSR count). The summed E-state index contributed by atoms with van der Waals surface area (Å²) in [5.74, 6) is -1.46. The van der Waals surface area contributed by atoms with Gasteiger partial charge in [0.25, 0.3) is 0 Å².